The Bertz CT molecular complexity index is 675. The molecule has 0 aromatic heterocycles. The molecule has 1 fully saturated rings. The van der Waals surface area contributed by atoms with Gasteiger partial charge in [0.05, 0.1) is 0 Å². The van der Waals surface area contributed by atoms with Crippen molar-refractivity contribution in [3.8, 4) is 0 Å². The normalized spacial score (nSPS) is 14.6. The van der Waals surface area contributed by atoms with Crippen molar-refractivity contribution in [3.05, 3.63) is 90.0 Å². The van der Waals surface area contributed by atoms with Crippen molar-refractivity contribution in [1.29, 1.82) is 0 Å². The van der Waals surface area contributed by atoms with Gasteiger partial charge >= 0.3 is 0 Å². The Morgan fingerprint density at radius 3 is 1.96 bits per heavy atom. The van der Waals surface area contributed by atoms with E-state index in [2.05, 4.69) is 24.3 Å². The molecule has 0 radical (unpaired) electrons. The number of hydrogen-bond donors (Lipinski definition) is 0. The molecule has 0 atom stereocenters. The number of thioether (sulfide) groups is 1. The van der Waals surface area contributed by atoms with Crippen LogP contribution >= 0.6 is 11.8 Å². The number of carbonyl (C=O) groups excluding carboxylic acids is 1. The number of benzene rings is 2. The molecule has 1 saturated heterocycles. The zero-order chi connectivity index (χ0) is 16.6. The van der Waals surface area contributed by atoms with Crippen LogP contribution in [0.1, 0.15) is 11.1 Å². The lowest BCUT2D eigenvalue weighted by atomic mass is 9.97. The van der Waals surface area contributed by atoms with Crippen molar-refractivity contribution in [2.24, 2.45) is 0 Å². The number of hydrogen-bond acceptors (Lipinski definition) is 2. The zero-order valence-corrected chi connectivity index (χ0v) is 14.4. The van der Waals surface area contributed by atoms with E-state index < -0.39 is 0 Å². The first kappa shape index (κ1) is 16.6. The summed E-state index contributed by atoms with van der Waals surface area (Å²) in [6.45, 7) is 1.70. The second-order valence-electron chi connectivity index (χ2n) is 5.61. The van der Waals surface area contributed by atoms with Crippen molar-refractivity contribution in [2.75, 3.05) is 24.6 Å². The number of allylic oxidation sites excluding steroid dienone is 2. The molecule has 1 heterocycles. The van der Waals surface area contributed by atoms with Crippen LogP contribution in [0.5, 0.6) is 0 Å². The molecule has 2 nitrogen and oxygen atoms in total. The summed E-state index contributed by atoms with van der Waals surface area (Å²) in [6, 6.07) is 20.5. The lowest BCUT2D eigenvalue weighted by Gasteiger charge is -2.24. The van der Waals surface area contributed by atoms with Crippen LogP contribution in [0.2, 0.25) is 0 Å². The minimum Gasteiger partial charge on any atom is -0.338 e. The number of nitrogens with zero attached hydrogens (tertiary/aromatic N) is 1. The maximum absolute atomic E-state index is 12.3. The van der Waals surface area contributed by atoms with E-state index >= 15 is 0 Å². The summed E-state index contributed by atoms with van der Waals surface area (Å²) in [5, 5.41) is 0. The first-order valence-corrected chi connectivity index (χ1v) is 9.36. The van der Waals surface area contributed by atoms with Gasteiger partial charge in [-0.3, -0.25) is 4.79 Å². The number of amides is 1. The first-order chi connectivity index (χ1) is 11.8. The summed E-state index contributed by atoms with van der Waals surface area (Å²) < 4.78 is 0. The summed E-state index contributed by atoms with van der Waals surface area (Å²) in [4.78, 5) is 14.2. The van der Waals surface area contributed by atoms with E-state index in [0.717, 1.165) is 41.3 Å². The molecule has 3 rings (SSSR count). The van der Waals surface area contributed by atoms with Gasteiger partial charge in [-0.25, -0.2) is 0 Å². The van der Waals surface area contributed by atoms with Gasteiger partial charge in [-0.2, -0.15) is 11.8 Å². The Morgan fingerprint density at radius 1 is 0.875 bits per heavy atom. The standard InChI is InChI=1S/C21H21NOS/c23-21(22-14-16-24-17-15-22)13-7-12-20(18-8-3-1-4-9-18)19-10-5-2-6-11-19/h1-13H,14-17H2. The van der Waals surface area contributed by atoms with Crippen molar-refractivity contribution in [3.63, 3.8) is 0 Å². The van der Waals surface area contributed by atoms with Crippen LogP contribution in [0.25, 0.3) is 5.57 Å². The molecular weight excluding hydrogens is 314 g/mol. The summed E-state index contributed by atoms with van der Waals surface area (Å²) >= 11 is 1.91. The Labute approximate surface area is 147 Å². The highest BCUT2D eigenvalue weighted by Crippen LogP contribution is 2.23. The van der Waals surface area contributed by atoms with Crippen molar-refractivity contribution in [2.45, 2.75) is 0 Å². The van der Waals surface area contributed by atoms with Gasteiger partial charge in [-0.05, 0) is 16.7 Å². The van der Waals surface area contributed by atoms with Gasteiger partial charge in [0.2, 0.25) is 5.91 Å². The maximum atomic E-state index is 12.3. The highest BCUT2D eigenvalue weighted by atomic mass is 32.2. The number of carbonyl (C=O) groups is 1. The summed E-state index contributed by atoms with van der Waals surface area (Å²) in [6.07, 6.45) is 5.59. The minimum absolute atomic E-state index is 0.104. The second kappa shape index (κ2) is 8.55. The SMILES string of the molecule is O=C(C=CC=C(c1ccccc1)c1ccccc1)N1CCSCC1. The van der Waals surface area contributed by atoms with Crippen LogP contribution in [-0.4, -0.2) is 35.4 Å². The second-order valence-corrected chi connectivity index (χ2v) is 6.83. The average molecular weight is 335 g/mol. The third kappa shape index (κ3) is 4.39. The summed E-state index contributed by atoms with van der Waals surface area (Å²) in [7, 11) is 0. The molecule has 0 N–H and O–H groups in total. The largest absolute Gasteiger partial charge is 0.338 e. The smallest absolute Gasteiger partial charge is 0.246 e. The van der Waals surface area contributed by atoms with E-state index in [4.69, 9.17) is 0 Å². The zero-order valence-electron chi connectivity index (χ0n) is 13.6. The van der Waals surface area contributed by atoms with Crippen molar-refractivity contribution >= 4 is 23.2 Å². The maximum Gasteiger partial charge on any atom is 0.246 e. The highest BCUT2D eigenvalue weighted by Gasteiger charge is 2.13. The third-order valence-corrected chi connectivity index (χ3v) is 4.94. The van der Waals surface area contributed by atoms with E-state index in [1.807, 2.05) is 65.2 Å². The van der Waals surface area contributed by atoms with Crippen LogP contribution in [0.4, 0.5) is 0 Å². The van der Waals surface area contributed by atoms with Gasteiger partial charge in [0.15, 0.2) is 0 Å². The molecular formula is C21H21NOS. The van der Waals surface area contributed by atoms with Crippen LogP contribution in [0.3, 0.4) is 0 Å². The van der Waals surface area contributed by atoms with E-state index in [1.54, 1.807) is 6.08 Å². The van der Waals surface area contributed by atoms with E-state index in [0.29, 0.717) is 0 Å². The molecule has 0 spiro atoms. The topological polar surface area (TPSA) is 20.3 Å². The Morgan fingerprint density at radius 2 is 1.42 bits per heavy atom. The summed E-state index contributed by atoms with van der Waals surface area (Å²) in [5.41, 5.74) is 3.42. The fraction of sp³-hybridized carbons (Fsp3) is 0.190. The van der Waals surface area contributed by atoms with Gasteiger partial charge in [0.25, 0.3) is 0 Å². The molecule has 122 valence electrons. The van der Waals surface area contributed by atoms with Crippen LogP contribution < -0.4 is 0 Å². The van der Waals surface area contributed by atoms with E-state index in [-0.39, 0.29) is 5.91 Å². The van der Waals surface area contributed by atoms with Gasteiger partial charge in [-0.15, -0.1) is 0 Å². The summed E-state index contributed by atoms with van der Waals surface area (Å²) in [5.74, 6) is 2.18. The molecule has 2 aromatic carbocycles. The van der Waals surface area contributed by atoms with E-state index in [1.165, 1.54) is 0 Å². The molecule has 2 aromatic rings. The fourth-order valence-corrected chi connectivity index (χ4v) is 3.61. The fourth-order valence-electron chi connectivity index (χ4n) is 2.71. The molecule has 0 unspecified atom stereocenters. The molecule has 0 aliphatic carbocycles. The average Bonchev–Trinajstić information content (AvgIpc) is 2.67. The van der Waals surface area contributed by atoms with Crippen LogP contribution in [0, 0.1) is 0 Å². The monoisotopic (exact) mass is 335 g/mol. The first-order valence-electron chi connectivity index (χ1n) is 8.20. The quantitative estimate of drug-likeness (QED) is 0.615. The molecule has 24 heavy (non-hydrogen) atoms. The minimum atomic E-state index is 0.104. The predicted molar refractivity (Wildman–Crippen MR) is 103 cm³/mol. The molecule has 1 aliphatic rings. The lowest BCUT2D eigenvalue weighted by molar-refractivity contribution is -0.125. The predicted octanol–water partition coefficient (Wildman–Crippen LogP) is 4.25. The van der Waals surface area contributed by atoms with Gasteiger partial charge < -0.3 is 4.90 Å². The van der Waals surface area contributed by atoms with Crippen LogP contribution in [0.15, 0.2) is 78.9 Å². The van der Waals surface area contributed by atoms with Gasteiger partial charge in [0.1, 0.15) is 0 Å². The molecule has 1 aliphatic heterocycles. The Hall–Kier alpha value is -2.26. The third-order valence-electron chi connectivity index (χ3n) is 3.99. The molecule has 0 saturated carbocycles. The molecule has 0 bridgehead atoms. The van der Waals surface area contributed by atoms with Crippen molar-refractivity contribution < 1.29 is 4.79 Å². The van der Waals surface area contributed by atoms with Gasteiger partial charge in [-0.1, -0.05) is 72.8 Å². The highest BCUT2D eigenvalue weighted by molar-refractivity contribution is 7.99. The van der Waals surface area contributed by atoms with Gasteiger partial charge in [0, 0.05) is 30.7 Å². The Kier molecular flexibility index (Phi) is 5.91. The lowest BCUT2D eigenvalue weighted by Crippen LogP contribution is -2.36. The number of rotatable bonds is 4. The van der Waals surface area contributed by atoms with Crippen LogP contribution in [-0.2, 0) is 4.79 Å². The Balaban J connectivity index is 1.81. The van der Waals surface area contributed by atoms with Crippen molar-refractivity contribution in [1.82, 2.24) is 4.90 Å². The van der Waals surface area contributed by atoms with E-state index in [9.17, 15) is 4.79 Å². The molecule has 1 amide bonds. The molecule has 3 heteroatoms.